The Kier molecular flexibility index (Phi) is 16.2. The van der Waals surface area contributed by atoms with E-state index in [0.29, 0.717) is 29.6 Å². The fourth-order valence-corrected chi connectivity index (χ4v) is 5.34. The van der Waals surface area contributed by atoms with Crippen molar-refractivity contribution in [3.05, 3.63) is 89.2 Å². The Balaban J connectivity index is 0.000000518. The van der Waals surface area contributed by atoms with Gasteiger partial charge in [0.2, 0.25) is 0 Å². The molecule has 1 atom stereocenters. The zero-order valence-corrected chi connectivity index (χ0v) is 31.8. The number of benzene rings is 2. The maximum absolute atomic E-state index is 13.0. The summed E-state index contributed by atoms with van der Waals surface area (Å²) in [5.74, 6) is 1.03. The van der Waals surface area contributed by atoms with Gasteiger partial charge in [0.05, 0.1) is 38.0 Å². The van der Waals surface area contributed by atoms with Crippen molar-refractivity contribution in [3.63, 3.8) is 0 Å². The number of aromatic nitrogens is 4. The van der Waals surface area contributed by atoms with E-state index in [4.69, 9.17) is 9.47 Å². The number of halogens is 3. The third-order valence-electron chi connectivity index (χ3n) is 8.02. The molecule has 0 spiro atoms. The van der Waals surface area contributed by atoms with E-state index in [2.05, 4.69) is 40.9 Å². The number of H-pyrrole nitrogens is 1. The minimum Gasteiger partial charge on any atom is -0.497 e. The molecule has 0 radical (unpaired) electrons. The zero-order chi connectivity index (χ0) is 39.8. The summed E-state index contributed by atoms with van der Waals surface area (Å²) in [6.45, 7) is 11.3. The van der Waals surface area contributed by atoms with Gasteiger partial charge < -0.3 is 30.2 Å². The summed E-state index contributed by atoms with van der Waals surface area (Å²) < 4.78 is 54.3. The van der Waals surface area contributed by atoms with Gasteiger partial charge in [-0.25, -0.2) is 9.97 Å². The van der Waals surface area contributed by atoms with Crippen LogP contribution < -0.4 is 25.4 Å². The van der Waals surface area contributed by atoms with Crippen molar-refractivity contribution in [1.82, 2.24) is 25.5 Å². The predicted molar refractivity (Wildman–Crippen MR) is 204 cm³/mol. The van der Waals surface area contributed by atoms with E-state index in [0.717, 1.165) is 65.3 Å². The SMILES string of the molecule is CC.CC.COC(=O)C1CCCN1.COc1ccc(CNc2ncc(C)c3n[nH]c(-c4ccc(C(=O)Nc5cc(C(F)(F)F)ccn5)cc4)c23)c(OC)c1. The van der Waals surface area contributed by atoms with E-state index in [1.165, 1.54) is 7.11 Å². The van der Waals surface area contributed by atoms with Crippen LogP contribution in [0.5, 0.6) is 11.5 Å². The Morgan fingerprint density at radius 2 is 1.67 bits per heavy atom. The summed E-state index contributed by atoms with van der Waals surface area (Å²) >= 11 is 0. The first-order valence-electron chi connectivity index (χ1n) is 17.6. The molecule has 1 amide bonds. The van der Waals surface area contributed by atoms with E-state index in [9.17, 15) is 22.8 Å². The Morgan fingerprint density at radius 3 is 2.28 bits per heavy atom. The van der Waals surface area contributed by atoms with Gasteiger partial charge in [-0.15, -0.1) is 0 Å². The van der Waals surface area contributed by atoms with Crippen molar-refractivity contribution in [2.75, 3.05) is 38.5 Å². The van der Waals surface area contributed by atoms with Crippen molar-refractivity contribution in [1.29, 1.82) is 0 Å². The first-order valence-corrected chi connectivity index (χ1v) is 17.6. The van der Waals surface area contributed by atoms with Gasteiger partial charge in [-0.3, -0.25) is 14.7 Å². The Labute approximate surface area is 313 Å². The molecule has 2 aromatic carbocycles. The molecule has 1 aliphatic rings. The quantitative estimate of drug-likeness (QED) is 0.109. The van der Waals surface area contributed by atoms with Gasteiger partial charge in [0, 0.05) is 41.7 Å². The normalized spacial score (nSPS) is 13.2. The number of hydrogen-bond donors (Lipinski definition) is 4. The van der Waals surface area contributed by atoms with E-state index >= 15 is 0 Å². The number of aryl methyl sites for hydroxylation is 1. The third kappa shape index (κ3) is 10.9. The number of anilines is 2. The number of nitrogens with zero attached hydrogens (tertiary/aromatic N) is 3. The number of aromatic amines is 1. The summed E-state index contributed by atoms with van der Waals surface area (Å²) in [5, 5.41) is 17.1. The molecular formula is C39H48F3N7O5. The molecule has 12 nitrogen and oxygen atoms in total. The molecule has 3 aromatic heterocycles. The lowest BCUT2D eigenvalue weighted by Crippen LogP contribution is -2.31. The molecule has 1 fully saturated rings. The minimum absolute atomic E-state index is 0.0324. The molecule has 0 bridgehead atoms. The highest BCUT2D eigenvalue weighted by Crippen LogP contribution is 2.34. The second-order valence-corrected chi connectivity index (χ2v) is 11.3. The van der Waals surface area contributed by atoms with Gasteiger partial charge in [-0.1, -0.05) is 39.8 Å². The number of pyridine rings is 2. The predicted octanol–water partition coefficient (Wildman–Crippen LogP) is 8.19. The lowest BCUT2D eigenvalue weighted by atomic mass is 10.0. The van der Waals surface area contributed by atoms with Crippen LogP contribution in [0.4, 0.5) is 24.8 Å². The number of esters is 1. The Hall–Kier alpha value is -5.70. The summed E-state index contributed by atoms with van der Waals surface area (Å²) in [5.41, 5.74) is 3.28. The number of fused-ring (bicyclic) bond motifs is 1. The van der Waals surface area contributed by atoms with Gasteiger partial charge in [0.1, 0.15) is 34.7 Å². The van der Waals surface area contributed by atoms with Crippen LogP contribution in [0.2, 0.25) is 0 Å². The van der Waals surface area contributed by atoms with Crippen LogP contribution >= 0.6 is 0 Å². The number of ether oxygens (including phenoxy) is 3. The van der Waals surface area contributed by atoms with Gasteiger partial charge in [0.25, 0.3) is 5.91 Å². The fourth-order valence-electron chi connectivity index (χ4n) is 5.34. The van der Waals surface area contributed by atoms with Crippen LogP contribution in [0.25, 0.3) is 22.2 Å². The Morgan fingerprint density at radius 1 is 0.944 bits per heavy atom. The second kappa shape index (κ2) is 20.5. The van der Waals surface area contributed by atoms with Crippen molar-refractivity contribution in [2.24, 2.45) is 0 Å². The smallest absolute Gasteiger partial charge is 0.416 e. The number of rotatable bonds is 9. The molecule has 6 rings (SSSR count). The minimum atomic E-state index is -4.54. The van der Waals surface area contributed by atoms with Gasteiger partial charge in [-0.2, -0.15) is 18.3 Å². The molecule has 0 aliphatic carbocycles. The number of carbonyl (C=O) groups excluding carboxylic acids is 2. The van der Waals surface area contributed by atoms with Gasteiger partial charge >= 0.3 is 12.1 Å². The summed E-state index contributed by atoms with van der Waals surface area (Å²) in [4.78, 5) is 31.8. The maximum Gasteiger partial charge on any atom is 0.416 e. The van der Waals surface area contributed by atoms with Crippen LogP contribution in [0.15, 0.2) is 67.0 Å². The molecule has 1 saturated heterocycles. The molecule has 54 heavy (non-hydrogen) atoms. The first-order chi connectivity index (χ1) is 26.0. The zero-order valence-electron chi connectivity index (χ0n) is 31.8. The molecule has 4 heterocycles. The van der Waals surface area contributed by atoms with Crippen LogP contribution in [0, 0.1) is 6.92 Å². The van der Waals surface area contributed by atoms with Crippen LogP contribution in [0.1, 0.15) is 67.6 Å². The number of alkyl halides is 3. The molecule has 4 N–H and O–H groups in total. The number of carbonyl (C=O) groups is 2. The standard InChI is InChI=1S/C29H25F3N6O3.C6H11NO2.2C2H6/c1-16-14-34-27(35-15-19-8-9-21(40-2)13-22(19)41-3)24-25(16)37-38-26(24)17-4-6-18(7-5-17)28(39)36-23-12-20(10-11-33-23)29(30,31)32;1-9-6(8)5-3-2-4-7-5;2*1-2/h4-14H,15H2,1-3H3,(H,34,35)(H,37,38)(H,33,36,39);5,7H,2-4H2,1H3;2*1-2H3. The number of amides is 1. The summed E-state index contributed by atoms with van der Waals surface area (Å²) in [7, 11) is 4.60. The highest BCUT2D eigenvalue weighted by molar-refractivity contribution is 6.05. The summed E-state index contributed by atoms with van der Waals surface area (Å²) in [6.07, 6.45) is 0.192. The van der Waals surface area contributed by atoms with E-state index < -0.39 is 17.6 Å². The van der Waals surface area contributed by atoms with E-state index in [1.54, 1.807) is 50.7 Å². The summed E-state index contributed by atoms with van der Waals surface area (Å²) in [6, 6.07) is 13.7. The molecule has 0 saturated carbocycles. The molecule has 1 aliphatic heterocycles. The monoisotopic (exact) mass is 751 g/mol. The van der Waals surface area contributed by atoms with E-state index in [-0.39, 0.29) is 23.4 Å². The van der Waals surface area contributed by atoms with Gasteiger partial charge in [0.15, 0.2) is 0 Å². The molecule has 1 unspecified atom stereocenters. The fraction of sp³-hybridized carbons (Fsp3) is 0.359. The third-order valence-corrected chi connectivity index (χ3v) is 8.02. The lowest BCUT2D eigenvalue weighted by molar-refractivity contribution is -0.142. The highest BCUT2D eigenvalue weighted by Gasteiger charge is 2.31. The maximum atomic E-state index is 13.0. The van der Waals surface area contributed by atoms with Crippen molar-refractivity contribution >= 4 is 34.4 Å². The molecule has 15 heteroatoms. The van der Waals surface area contributed by atoms with Crippen molar-refractivity contribution < 1.29 is 37.0 Å². The van der Waals surface area contributed by atoms with Crippen LogP contribution in [0.3, 0.4) is 0 Å². The van der Waals surface area contributed by atoms with Gasteiger partial charge in [-0.05, 0) is 68.3 Å². The average Bonchev–Trinajstić information content (AvgIpc) is 3.91. The molecule has 5 aromatic rings. The average molecular weight is 752 g/mol. The number of hydrogen-bond acceptors (Lipinski definition) is 10. The second-order valence-electron chi connectivity index (χ2n) is 11.3. The highest BCUT2D eigenvalue weighted by atomic mass is 19.4. The Bertz CT molecular complexity index is 1960. The van der Waals surface area contributed by atoms with Crippen LogP contribution in [-0.4, -0.2) is 66.0 Å². The number of nitrogens with one attached hydrogen (secondary N) is 4. The van der Waals surface area contributed by atoms with Crippen molar-refractivity contribution in [3.8, 4) is 22.8 Å². The van der Waals surface area contributed by atoms with E-state index in [1.807, 2.05) is 46.8 Å². The molecular weight excluding hydrogens is 703 g/mol. The largest absolute Gasteiger partial charge is 0.497 e. The first kappa shape index (κ1) is 42.7. The molecule has 290 valence electrons. The number of methoxy groups -OCH3 is 3. The van der Waals surface area contributed by atoms with Crippen LogP contribution in [-0.2, 0) is 22.3 Å². The van der Waals surface area contributed by atoms with Crippen molar-refractivity contribution in [2.45, 2.75) is 66.2 Å². The topological polar surface area (TPSA) is 152 Å². The lowest BCUT2D eigenvalue weighted by Gasteiger charge is -2.13.